The Balaban J connectivity index is 2.37. The molecule has 1 heteroatoms. The maximum absolute atomic E-state index is 6.35. The summed E-state index contributed by atoms with van der Waals surface area (Å²) in [6, 6.07) is 19.0. The van der Waals surface area contributed by atoms with E-state index in [4.69, 9.17) is 11.6 Å². The zero-order valence-electron chi connectivity index (χ0n) is 11.1. The van der Waals surface area contributed by atoms with Crippen LogP contribution in [0.1, 0.15) is 11.1 Å². The molecule has 0 bridgehead atoms. The van der Waals surface area contributed by atoms with Gasteiger partial charge < -0.3 is 0 Å². The third kappa shape index (κ3) is 2.13. The van der Waals surface area contributed by atoms with Crippen molar-refractivity contribution in [2.75, 3.05) is 0 Å². The van der Waals surface area contributed by atoms with Crippen LogP contribution in [0.25, 0.3) is 21.9 Å². The van der Waals surface area contributed by atoms with E-state index in [0.29, 0.717) is 0 Å². The van der Waals surface area contributed by atoms with Gasteiger partial charge in [-0.1, -0.05) is 65.7 Å². The SMILES string of the molecule is Cc1ccc(-c2c(C)cc(Cl)c3ccccc23)cc1. The fourth-order valence-electron chi connectivity index (χ4n) is 2.57. The number of halogens is 1. The second kappa shape index (κ2) is 4.71. The van der Waals surface area contributed by atoms with Gasteiger partial charge in [0, 0.05) is 10.4 Å². The van der Waals surface area contributed by atoms with Crippen LogP contribution in [0.2, 0.25) is 5.02 Å². The van der Waals surface area contributed by atoms with Gasteiger partial charge in [0.1, 0.15) is 0 Å². The minimum Gasteiger partial charge on any atom is -0.0837 e. The van der Waals surface area contributed by atoms with Crippen molar-refractivity contribution in [2.45, 2.75) is 13.8 Å². The Labute approximate surface area is 118 Å². The molecule has 0 spiro atoms. The number of rotatable bonds is 1. The van der Waals surface area contributed by atoms with Gasteiger partial charge in [0.15, 0.2) is 0 Å². The molecule has 0 aliphatic rings. The van der Waals surface area contributed by atoms with E-state index in [1.165, 1.54) is 27.6 Å². The Kier molecular flexibility index (Phi) is 3.04. The lowest BCUT2D eigenvalue weighted by Gasteiger charge is -2.12. The maximum atomic E-state index is 6.35. The molecule has 0 nitrogen and oxygen atoms in total. The van der Waals surface area contributed by atoms with E-state index >= 15 is 0 Å². The number of hydrogen-bond acceptors (Lipinski definition) is 0. The predicted molar refractivity (Wildman–Crippen MR) is 83.9 cm³/mol. The van der Waals surface area contributed by atoms with Crippen molar-refractivity contribution in [2.24, 2.45) is 0 Å². The van der Waals surface area contributed by atoms with Crippen molar-refractivity contribution in [3.8, 4) is 11.1 Å². The first-order valence-corrected chi connectivity index (χ1v) is 6.79. The van der Waals surface area contributed by atoms with Crippen molar-refractivity contribution < 1.29 is 0 Å². The second-order valence-electron chi connectivity index (χ2n) is 4.96. The van der Waals surface area contributed by atoms with Crippen LogP contribution in [-0.4, -0.2) is 0 Å². The van der Waals surface area contributed by atoms with Gasteiger partial charge in [-0.3, -0.25) is 0 Å². The third-order valence-electron chi connectivity index (χ3n) is 3.53. The lowest BCUT2D eigenvalue weighted by atomic mass is 9.93. The quantitative estimate of drug-likeness (QED) is 0.524. The van der Waals surface area contributed by atoms with Gasteiger partial charge in [-0.15, -0.1) is 0 Å². The normalized spacial score (nSPS) is 10.9. The maximum Gasteiger partial charge on any atom is 0.0487 e. The summed E-state index contributed by atoms with van der Waals surface area (Å²) in [4.78, 5) is 0. The molecule has 19 heavy (non-hydrogen) atoms. The summed E-state index contributed by atoms with van der Waals surface area (Å²) < 4.78 is 0. The highest BCUT2D eigenvalue weighted by Gasteiger charge is 2.09. The lowest BCUT2D eigenvalue weighted by molar-refractivity contribution is 1.45. The molecule has 0 aliphatic carbocycles. The summed E-state index contributed by atoms with van der Waals surface area (Å²) >= 11 is 6.35. The Morgan fingerprint density at radius 3 is 2.11 bits per heavy atom. The van der Waals surface area contributed by atoms with Crippen molar-refractivity contribution >= 4 is 22.4 Å². The van der Waals surface area contributed by atoms with Crippen LogP contribution in [0.4, 0.5) is 0 Å². The molecule has 0 aliphatic heterocycles. The van der Waals surface area contributed by atoms with Crippen LogP contribution in [-0.2, 0) is 0 Å². The zero-order chi connectivity index (χ0) is 13.4. The smallest absolute Gasteiger partial charge is 0.0487 e. The van der Waals surface area contributed by atoms with E-state index in [-0.39, 0.29) is 0 Å². The summed E-state index contributed by atoms with van der Waals surface area (Å²) in [5, 5.41) is 3.16. The van der Waals surface area contributed by atoms with E-state index in [1.807, 2.05) is 6.07 Å². The first-order valence-electron chi connectivity index (χ1n) is 6.42. The van der Waals surface area contributed by atoms with Gasteiger partial charge in [0.05, 0.1) is 0 Å². The average molecular weight is 267 g/mol. The zero-order valence-corrected chi connectivity index (χ0v) is 11.8. The molecule has 0 heterocycles. The first-order chi connectivity index (χ1) is 9.16. The molecule has 0 unspecified atom stereocenters. The molecule has 94 valence electrons. The Hall–Kier alpha value is -1.79. The summed E-state index contributed by atoms with van der Waals surface area (Å²) in [7, 11) is 0. The molecule has 0 aromatic heterocycles. The third-order valence-corrected chi connectivity index (χ3v) is 3.84. The Bertz CT molecular complexity index is 739. The monoisotopic (exact) mass is 266 g/mol. The number of hydrogen-bond donors (Lipinski definition) is 0. The number of aryl methyl sites for hydroxylation is 2. The van der Waals surface area contributed by atoms with E-state index < -0.39 is 0 Å². The molecule has 0 amide bonds. The highest BCUT2D eigenvalue weighted by molar-refractivity contribution is 6.36. The highest BCUT2D eigenvalue weighted by Crippen LogP contribution is 2.36. The molecule has 0 fully saturated rings. The van der Waals surface area contributed by atoms with Gasteiger partial charge >= 0.3 is 0 Å². The Morgan fingerprint density at radius 1 is 0.789 bits per heavy atom. The predicted octanol–water partition coefficient (Wildman–Crippen LogP) is 5.78. The van der Waals surface area contributed by atoms with E-state index in [2.05, 4.69) is 62.4 Å². The fourth-order valence-corrected chi connectivity index (χ4v) is 2.89. The van der Waals surface area contributed by atoms with Crippen LogP contribution >= 0.6 is 11.6 Å². The fraction of sp³-hybridized carbons (Fsp3) is 0.111. The second-order valence-corrected chi connectivity index (χ2v) is 5.37. The van der Waals surface area contributed by atoms with E-state index in [0.717, 1.165) is 10.4 Å². The highest BCUT2D eigenvalue weighted by atomic mass is 35.5. The van der Waals surface area contributed by atoms with Crippen molar-refractivity contribution in [3.63, 3.8) is 0 Å². The van der Waals surface area contributed by atoms with Crippen molar-refractivity contribution in [1.82, 2.24) is 0 Å². The molecular weight excluding hydrogens is 252 g/mol. The Morgan fingerprint density at radius 2 is 1.42 bits per heavy atom. The van der Waals surface area contributed by atoms with Crippen molar-refractivity contribution in [1.29, 1.82) is 0 Å². The summed E-state index contributed by atoms with van der Waals surface area (Å²) in [5.74, 6) is 0. The minimum atomic E-state index is 0.823. The molecule has 0 atom stereocenters. The average Bonchev–Trinajstić information content (AvgIpc) is 2.41. The van der Waals surface area contributed by atoms with Crippen LogP contribution in [0.15, 0.2) is 54.6 Å². The topological polar surface area (TPSA) is 0 Å². The van der Waals surface area contributed by atoms with Gasteiger partial charge in [0.2, 0.25) is 0 Å². The molecule has 0 N–H and O–H groups in total. The van der Waals surface area contributed by atoms with Crippen LogP contribution in [0, 0.1) is 13.8 Å². The van der Waals surface area contributed by atoms with Gasteiger partial charge in [-0.2, -0.15) is 0 Å². The molecule has 0 saturated heterocycles. The standard InChI is InChI=1S/C18H15Cl/c1-12-7-9-14(10-8-12)18-13(2)11-17(19)15-5-3-4-6-16(15)18/h3-11H,1-2H3. The molecule has 3 aromatic rings. The summed E-state index contributed by atoms with van der Waals surface area (Å²) in [6.07, 6.45) is 0. The van der Waals surface area contributed by atoms with Crippen molar-refractivity contribution in [3.05, 3.63) is 70.7 Å². The van der Waals surface area contributed by atoms with E-state index in [9.17, 15) is 0 Å². The summed E-state index contributed by atoms with van der Waals surface area (Å²) in [5.41, 5.74) is 5.02. The van der Waals surface area contributed by atoms with Gasteiger partial charge in [-0.25, -0.2) is 0 Å². The summed E-state index contributed by atoms with van der Waals surface area (Å²) in [6.45, 7) is 4.23. The molecule has 0 saturated carbocycles. The van der Waals surface area contributed by atoms with Crippen LogP contribution in [0.5, 0.6) is 0 Å². The molecular formula is C18H15Cl. The number of fused-ring (bicyclic) bond motifs is 1. The molecule has 3 rings (SSSR count). The molecule has 3 aromatic carbocycles. The van der Waals surface area contributed by atoms with Crippen LogP contribution < -0.4 is 0 Å². The largest absolute Gasteiger partial charge is 0.0837 e. The molecule has 0 radical (unpaired) electrons. The minimum absolute atomic E-state index is 0.823. The van der Waals surface area contributed by atoms with Gasteiger partial charge in [-0.05, 0) is 42.0 Å². The van der Waals surface area contributed by atoms with E-state index in [1.54, 1.807) is 0 Å². The van der Waals surface area contributed by atoms with Crippen LogP contribution in [0.3, 0.4) is 0 Å². The first kappa shape index (κ1) is 12.3. The van der Waals surface area contributed by atoms with Gasteiger partial charge in [0.25, 0.3) is 0 Å². The lowest BCUT2D eigenvalue weighted by Crippen LogP contribution is -1.87. The number of benzene rings is 3.